The summed E-state index contributed by atoms with van der Waals surface area (Å²) >= 11 is 0. The molecule has 0 saturated carbocycles. The van der Waals surface area contributed by atoms with E-state index in [-0.39, 0.29) is 29.9 Å². The fraction of sp³-hybridized carbons (Fsp3) is 0.333. The highest BCUT2D eigenvalue weighted by Gasteiger charge is 2.39. The zero-order valence-corrected chi connectivity index (χ0v) is 21.5. The van der Waals surface area contributed by atoms with E-state index in [1.54, 1.807) is 53.3 Å². The Labute approximate surface area is 222 Å². The number of hydrogen-bond donors (Lipinski definition) is 0. The number of amides is 2. The van der Waals surface area contributed by atoms with Gasteiger partial charge in [-0.1, -0.05) is 24.3 Å². The van der Waals surface area contributed by atoms with Gasteiger partial charge in [0.15, 0.2) is 0 Å². The Kier molecular flexibility index (Phi) is 6.16. The van der Waals surface area contributed by atoms with Gasteiger partial charge in [0.1, 0.15) is 5.75 Å². The monoisotopic (exact) mass is 535 g/mol. The molecule has 12 heteroatoms. The lowest BCUT2D eigenvalue weighted by Gasteiger charge is -2.36. The summed E-state index contributed by atoms with van der Waals surface area (Å²) in [4.78, 5) is 40.1. The number of urea groups is 1. The van der Waals surface area contributed by atoms with E-state index in [1.807, 2.05) is 24.1 Å². The van der Waals surface area contributed by atoms with Crippen LogP contribution in [0.4, 0.5) is 19.5 Å². The average molecular weight is 536 g/mol. The van der Waals surface area contributed by atoms with Crippen LogP contribution in [0.5, 0.6) is 5.75 Å². The van der Waals surface area contributed by atoms with Crippen molar-refractivity contribution < 1.29 is 18.3 Å². The standard InChI is InChI=1S/C27H27F2N7O3/c1-32-15-20-16-34(9-10-35(20)27(32)38)26-30-12-19(13-31-26)17-7-8-21-22(11-17)36(33(2)24(21)37)14-18-5-3-4-6-23(18)39-25(28)29/h3-8,11-13,20,25H,9-10,14-16H2,1-2H3. The van der Waals surface area contributed by atoms with Crippen molar-refractivity contribution in [3.63, 3.8) is 0 Å². The molecule has 1 unspecified atom stereocenters. The number of benzene rings is 2. The molecule has 2 aliphatic heterocycles. The van der Waals surface area contributed by atoms with Crippen LogP contribution in [-0.2, 0) is 13.6 Å². The van der Waals surface area contributed by atoms with Crippen molar-refractivity contribution in [2.45, 2.75) is 19.2 Å². The topological polar surface area (TPSA) is 88.7 Å². The normalized spacial score (nSPS) is 17.4. The van der Waals surface area contributed by atoms with Gasteiger partial charge >= 0.3 is 12.6 Å². The zero-order valence-electron chi connectivity index (χ0n) is 21.5. The number of likely N-dealkylation sites (N-methyl/N-ethyl adjacent to an activating group) is 1. The summed E-state index contributed by atoms with van der Waals surface area (Å²) in [6.07, 6.45) is 3.50. The summed E-state index contributed by atoms with van der Waals surface area (Å²) in [7, 11) is 3.46. The molecule has 39 heavy (non-hydrogen) atoms. The number of piperazine rings is 1. The Hall–Kier alpha value is -4.48. The summed E-state index contributed by atoms with van der Waals surface area (Å²) in [5.41, 5.74) is 2.59. The van der Waals surface area contributed by atoms with E-state index in [4.69, 9.17) is 0 Å². The number of fused-ring (bicyclic) bond motifs is 2. The van der Waals surface area contributed by atoms with Gasteiger partial charge in [-0.3, -0.25) is 14.2 Å². The second-order valence-electron chi connectivity index (χ2n) is 9.83. The second-order valence-corrected chi connectivity index (χ2v) is 9.83. The number of rotatable bonds is 6. The second kappa shape index (κ2) is 9.68. The maximum absolute atomic E-state index is 12.9. The van der Waals surface area contributed by atoms with Gasteiger partial charge in [-0.2, -0.15) is 8.78 Å². The van der Waals surface area contributed by atoms with Crippen molar-refractivity contribution in [1.29, 1.82) is 0 Å². The van der Waals surface area contributed by atoms with Crippen LogP contribution in [0.3, 0.4) is 0 Å². The predicted molar refractivity (Wildman–Crippen MR) is 141 cm³/mol. The van der Waals surface area contributed by atoms with Crippen LogP contribution in [0, 0.1) is 0 Å². The number of hydrogen-bond acceptors (Lipinski definition) is 6. The molecule has 4 heterocycles. The SMILES string of the molecule is CN1CC2CN(c3ncc(-c4ccc5c(=O)n(C)n(Cc6ccccc6OC(F)F)c5c4)cn3)CCN2C1=O. The van der Waals surface area contributed by atoms with Crippen LogP contribution in [0.2, 0.25) is 0 Å². The Morgan fingerprint density at radius 3 is 2.54 bits per heavy atom. The molecule has 4 aromatic rings. The molecule has 2 fully saturated rings. The summed E-state index contributed by atoms with van der Waals surface area (Å²) in [5, 5.41) is 0.514. The summed E-state index contributed by atoms with van der Waals surface area (Å²) in [6, 6.07) is 12.2. The van der Waals surface area contributed by atoms with Crippen LogP contribution in [0.25, 0.3) is 22.0 Å². The Morgan fingerprint density at radius 2 is 1.77 bits per heavy atom. The third-order valence-corrected chi connectivity index (χ3v) is 7.47. The van der Waals surface area contributed by atoms with E-state index in [0.29, 0.717) is 48.6 Å². The smallest absolute Gasteiger partial charge is 0.387 e. The maximum Gasteiger partial charge on any atom is 0.387 e. The first-order chi connectivity index (χ1) is 18.8. The molecule has 202 valence electrons. The minimum Gasteiger partial charge on any atom is -0.434 e. The third-order valence-electron chi connectivity index (χ3n) is 7.47. The molecular weight excluding hydrogens is 508 g/mol. The highest BCUT2D eigenvalue weighted by molar-refractivity contribution is 5.84. The van der Waals surface area contributed by atoms with Crippen molar-refractivity contribution in [2.75, 3.05) is 38.1 Å². The van der Waals surface area contributed by atoms with Crippen molar-refractivity contribution in [2.24, 2.45) is 7.05 Å². The minimum absolute atomic E-state index is 0.0655. The fourth-order valence-electron chi connectivity index (χ4n) is 5.44. The lowest BCUT2D eigenvalue weighted by atomic mass is 10.1. The largest absolute Gasteiger partial charge is 0.434 e. The maximum atomic E-state index is 12.9. The van der Waals surface area contributed by atoms with E-state index in [0.717, 1.165) is 11.1 Å². The quantitative estimate of drug-likeness (QED) is 0.377. The number of anilines is 1. The zero-order chi connectivity index (χ0) is 27.3. The predicted octanol–water partition coefficient (Wildman–Crippen LogP) is 3.00. The summed E-state index contributed by atoms with van der Waals surface area (Å²) < 4.78 is 33.8. The highest BCUT2D eigenvalue weighted by atomic mass is 19.3. The van der Waals surface area contributed by atoms with Gasteiger partial charge in [0.25, 0.3) is 5.56 Å². The number of carbonyl (C=O) groups is 1. The summed E-state index contributed by atoms with van der Waals surface area (Å²) in [5.74, 6) is 0.671. The van der Waals surface area contributed by atoms with Gasteiger partial charge in [-0.15, -0.1) is 0 Å². The van der Waals surface area contributed by atoms with E-state index >= 15 is 0 Å². The average Bonchev–Trinajstić information content (AvgIpc) is 3.35. The van der Waals surface area contributed by atoms with E-state index < -0.39 is 6.61 Å². The van der Waals surface area contributed by atoms with Gasteiger partial charge < -0.3 is 19.4 Å². The Bertz CT molecular complexity index is 1600. The molecule has 1 atom stereocenters. The van der Waals surface area contributed by atoms with Gasteiger partial charge in [0.2, 0.25) is 5.95 Å². The van der Waals surface area contributed by atoms with E-state index in [1.165, 1.54) is 10.7 Å². The molecule has 10 nitrogen and oxygen atoms in total. The lowest BCUT2D eigenvalue weighted by molar-refractivity contribution is -0.0505. The molecule has 0 bridgehead atoms. The minimum atomic E-state index is -2.95. The number of aromatic nitrogens is 4. The van der Waals surface area contributed by atoms with Crippen LogP contribution in [0.15, 0.2) is 59.7 Å². The van der Waals surface area contributed by atoms with Crippen LogP contribution >= 0.6 is 0 Å². The fourth-order valence-corrected chi connectivity index (χ4v) is 5.44. The van der Waals surface area contributed by atoms with E-state index in [9.17, 15) is 18.4 Å². The number of alkyl halides is 2. The van der Waals surface area contributed by atoms with Crippen molar-refractivity contribution in [3.05, 3.63) is 70.8 Å². The van der Waals surface area contributed by atoms with Gasteiger partial charge in [-0.05, 0) is 23.8 Å². The van der Waals surface area contributed by atoms with Crippen LogP contribution in [-0.4, -0.2) is 81.0 Å². The molecule has 6 rings (SSSR count). The molecule has 2 saturated heterocycles. The summed E-state index contributed by atoms with van der Waals surface area (Å²) in [6.45, 7) is -0.126. The molecule has 0 aliphatic carbocycles. The molecule has 0 spiro atoms. The molecule has 0 N–H and O–H groups in total. The highest BCUT2D eigenvalue weighted by Crippen LogP contribution is 2.27. The van der Waals surface area contributed by atoms with Crippen LogP contribution in [0.1, 0.15) is 5.56 Å². The molecule has 0 radical (unpaired) electrons. The van der Waals surface area contributed by atoms with Gasteiger partial charge in [0, 0.05) is 63.8 Å². The number of carbonyl (C=O) groups excluding carboxylic acids is 1. The first-order valence-electron chi connectivity index (χ1n) is 12.6. The number of halogens is 2. The Balaban J connectivity index is 1.28. The van der Waals surface area contributed by atoms with Crippen molar-refractivity contribution in [3.8, 4) is 16.9 Å². The first-order valence-corrected chi connectivity index (χ1v) is 12.6. The first kappa shape index (κ1) is 24.8. The molecule has 2 aromatic heterocycles. The third kappa shape index (κ3) is 4.45. The number of nitrogens with zero attached hydrogens (tertiary/aromatic N) is 7. The lowest BCUT2D eigenvalue weighted by Crippen LogP contribution is -2.52. The molecule has 2 aliphatic rings. The molecule has 2 aromatic carbocycles. The van der Waals surface area contributed by atoms with Crippen LogP contribution < -0.4 is 15.2 Å². The van der Waals surface area contributed by atoms with Gasteiger partial charge in [0.05, 0.1) is 23.5 Å². The molecule has 2 amide bonds. The van der Waals surface area contributed by atoms with Crippen molar-refractivity contribution in [1.82, 2.24) is 29.1 Å². The molecular formula is C27H27F2N7O3. The van der Waals surface area contributed by atoms with Crippen molar-refractivity contribution >= 4 is 22.9 Å². The Morgan fingerprint density at radius 1 is 1.00 bits per heavy atom. The van der Waals surface area contributed by atoms with Gasteiger partial charge in [-0.25, -0.2) is 14.8 Å². The van der Waals surface area contributed by atoms with E-state index in [2.05, 4.69) is 19.6 Å². The number of para-hydroxylation sites is 1. The number of ether oxygens (including phenoxy) is 1.